The van der Waals surface area contributed by atoms with E-state index in [0.717, 1.165) is 19.6 Å². The van der Waals surface area contributed by atoms with Crippen molar-refractivity contribution in [3.8, 4) is 0 Å². The monoisotopic (exact) mass is 318 g/mol. The Hall–Kier alpha value is -0.290. The van der Waals surface area contributed by atoms with Gasteiger partial charge in [-0.3, -0.25) is 4.79 Å². The quantitative estimate of drug-likeness (QED) is 0.862. The van der Waals surface area contributed by atoms with Crippen molar-refractivity contribution in [3.05, 3.63) is 20.3 Å². The van der Waals surface area contributed by atoms with E-state index in [2.05, 4.69) is 19.2 Å². The third-order valence-electron chi connectivity index (χ3n) is 4.49. The highest BCUT2D eigenvalue weighted by molar-refractivity contribution is 7.20. The molecule has 0 bridgehead atoms. The predicted molar refractivity (Wildman–Crippen MR) is 79.3 cm³/mol. The van der Waals surface area contributed by atoms with Crippen LogP contribution in [-0.2, 0) is 0 Å². The Bertz CT molecular complexity index is 529. The molecule has 6 heteroatoms. The van der Waals surface area contributed by atoms with E-state index in [1.54, 1.807) is 6.07 Å². The second-order valence-corrected chi connectivity index (χ2v) is 8.12. The van der Waals surface area contributed by atoms with E-state index >= 15 is 0 Å². The standard InChI is InChI=1S/C13H16Cl2N2OS/c1-13(2)9-5-16-4-7(9)6-17(13)12(18)8-3-10(14)19-11(8)15/h3,7,9,16H,4-6H2,1-2H3. The van der Waals surface area contributed by atoms with Crippen LogP contribution in [0, 0.1) is 11.8 Å². The molecule has 1 amide bonds. The van der Waals surface area contributed by atoms with E-state index in [9.17, 15) is 4.79 Å². The topological polar surface area (TPSA) is 32.3 Å². The Labute approximate surface area is 126 Å². The van der Waals surface area contributed by atoms with Crippen molar-refractivity contribution < 1.29 is 4.79 Å². The number of halogens is 2. The average molecular weight is 319 g/mol. The first-order valence-electron chi connectivity index (χ1n) is 6.38. The molecule has 0 spiro atoms. The zero-order chi connectivity index (χ0) is 13.8. The van der Waals surface area contributed by atoms with E-state index < -0.39 is 0 Å². The molecule has 1 N–H and O–H groups in total. The second kappa shape index (κ2) is 4.62. The van der Waals surface area contributed by atoms with Gasteiger partial charge in [0.05, 0.1) is 9.90 Å². The third kappa shape index (κ3) is 2.09. The number of likely N-dealkylation sites (tertiary alicyclic amines) is 1. The maximum Gasteiger partial charge on any atom is 0.256 e. The molecule has 2 aliphatic heterocycles. The van der Waals surface area contributed by atoms with Crippen molar-refractivity contribution >= 4 is 40.4 Å². The fraction of sp³-hybridized carbons (Fsp3) is 0.615. The molecule has 2 unspecified atom stereocenters. The molecule has 3 nitrogen and oxygen atoms in total. The minimum atomic E-state index is -0.136. The summed E-state index contributed by atoms with van der Waals surface area (Å²) in [5.41, 5.74) is 0.404. The molecule has 2 saturated heterocycles. The maximum atomic E-state index is 12.7. The summed E-state index contributed by atoms with van der Waals surface area (Å²) in [4.78, 5) is 14.7. The fourth-order valence-electron chi connectivity index (χ4n) is 3.40. The van der Waals surface area contributed by atoms with Gasteiger partial charge in [0.15, 0.2) is 0 Å². The molecule has 1 aromatic rings. The Kier molecular flexibility index (Phi) is 3.33. The third-order valence-corrected chi connectivity index (χ3v) is 5.98. The van der Waals surface area contributed by atoms with Crippen LogP contribution in [0.3, 0.4) is 0 Å². The lowest BCUT2D eigenvalue weighted by atomic mass is 9.85. The molecule has 2 atom stereocenters. The van der Waals surface area contributed by atoms with Gasteiger partial charge in [-0.25, -0.2) is 0 Å². The summed E-state index contributed by atoms with van der Waals surface area (Å²) in [6.07, 6.45) is 0. The number of hydrogen-bond acceptors (Lipinski definition) is 3. The first-order chi connectivity index (χ1) is 8.91. The largest absolute Gasteiger partial charge is 0.333 e. The van der Waals surface area contributed by atoms with Crippen molar-refractivity contribution in [2.24, 2.45) is 11.8 Å². The molecule has 104 valence electrons. The van der Waals surface area contributed by atoms with Crippen molar-refractivity contribution in [1.82, 2.24) is 10.2 Å². The van der Waals surface area contributed by atoms with Gasteiger partial charge in [0.1, 0.15) is 4.34 Å². The van der Waals surface area contributed by atoms with Crippen LogP contribution in [0.4, 0.5) is 0 Å². The summed E-state index contributed by atoms with van der Waals surface area (Å²) in [6.45, 7) is 7.07. The van der Waals surface area contributed by atoms with Gasteiger partial charge in [0.25, 0.3) is 5.91 Å². The van der Waals surface area contributed by atoms with Gasteiger partial charge >= 0.3 is 0 Å². The molecular formula is C13H16Cl2N2OS. The SMILES string of the molecule is CC1(C)C2CNCC2CN1C(=O)c1cc(Cl)sc1Cl. The Morgan fingerprint density at radius 3 is 2.79 bits per heavy atom. The smallest absolute Gasteiger partial charge is 0.256 e. The van der Waals surface area contributed by atoms with Crippen LogP contribution in [0.25, 0.3) is 0 Å². The highest BCUT2D eigenvalue weighted by atomic mass is 35.5. The molecule has 19 heavy (non-hydrogen) atoms. The molecule has 3 heterocycles. The zero-order valence-corrected chi connectivity index (χ0v) is 13.2. The predicted octanol–water partition coefficient (Wildman–Crippen LogP) is 3.12. The fourth-order valence-corrected chi connectivity index (χ4v) is 4.85. The number of carbonyl (C=O) groups excluding carboxylic acids is 1. The van der Waals surface area contributed by atoms with Gasteiger partial charge in [0.2, 0.25) is 0 Å². The number of rotatable bonds is 1. The Morgan fingerprint density at radius 2 is 2.21 bits per heavy atom. The Morgan fingerprint density at radius 1 is 1.47 bits per heavy atom. The van der Waals surface area contributed by atoms with E-state index in [0.29, 0.717) is 26.1 Å². The van der Waals surface area contributed by atoms with E-state index in [4.69, 9.17) is 23.2 Å². The molecule has 2 fully saturated rings. The number of hydrogen-bond donors (Lipinski definition) is 1. The first-order valence-corrected chi connectivity index (χ1v) is 7.96. The first kappa shape index (κ1) is 13.7. The number of fused-ring (bicyclic) bond motifs is 1. The van der Waals surface area contributed by atoms with Gasteiger partial charge in [0, 0.05) is 25.2 Å². The minimum absolute atomic E-state index is 0.00699. The highest BCUT2D eigenvalue weighted by Crippen LogP contribution is 2.42. The summed E-state index contributed by atoms with van der Waals surface area (Å²) in [5.74, 6) is 1.07. The average Bonchev–Trinajstić information content (AvgIpc) is 2.96. The van der Waals surface area contributed by atoms with Crippen LogP contribution in [-0.4, -0.2) is 36.0 Å². The summed E-state index contributed by atoms with van der Waals surface area (Å²) in [6, 6.07) is 1.68. The van der Waals surface area contributed by atoms with E-state index in [1.165, 1.54) is 11.3 Å². The molecule has 3 rings (SSSR count). The normalized spacial score (nSPS) is 28.7. The lowest BCUT2D eigenvalue weighted by Crippen LogP contribution is -2.47. The molecule has 2 aliphatic rings. The van der Waals surface area contributed by atoms with Crippen molar-refractivity contribution in [2.45, 2.75) is 19.4 Å². The van der Waals surface area contributed by atoms with Gasteiger partial charge in [-0.2, -0.15) is 0 Å². The van der Waals surface area contributed by atoms with Gasteiger partial charge in [-0.1, -0.05) is 23.2 Å². The van der Waals surface area contributed by atoms with Crippen molar-refractivity contribution in [3.63, 3.8) is 0 Å². The summed E-state index contributed by atoms with van der Waals surface area (Å²) in [7, 11) is 0. The Balaban J connectivity index is 1.91. The number of thiophene rings is 1. The number of nitrogens with zero attached hydrogens (tertiary/aromatic N) is 1. The van der Waals surface area contributed by atoms with Crippen LogP contribution in [0.2, 0.25) is 8.67 Å². The van der Waals surface area contributed by atoms with E-state index in [1.807, 2.05) is 4.90 Å². The summed E-state index contributed by atoms with van der Waals surface area (Å²) < 4.78 is 1.05. The van der Waals surface area contributed by atoms with Crippen LogP contribution in [0.1, 0.15) is 24.2 Å². The lowest BCUT2D eigenvalue weighted by molar-refractivity contribution is 0.0604. The maximum absolute atomic E-state index is 12.7. The van der Waals surface area contributed by atoms with Gasteiger partial charge < -0.3 is 10.2 Å². The molecule has 0 aliphatic carbocycles. The number of amides is 1. The molecule has 1 aromatic heterocycles. The number of carbonyl (C=O) groups is 1. The second-order valence-electron chi connectivity index (χ2n) is 5.83. The zero-order valence-electron chi connectivity index (χ0n) is 10.9. The van der Waals surface area contributed by atoms with Crippen LogP contribution in [0.5, 0.6) is 0 Å². The van der Waals surface area contributed by atoms with Crippen molar-refractivity contribution in [1.29, 1.82) is 0 Å². The number of nitrogens with one attached hydrogen (secondary N) is 1. The lowest BCUT2D eigenvalue weighted by Gasteiger charge is -2.35. The molecular weight excluding hydrogens is 303 g/mol. The van der Waals surface area contributed by atoms with Crippen molar-refractivity contribution in [2.75, 3.05) is 19.6 Å². The molecule has 0 aromatic carbocycles. The minimum Gasteiger partial charge on any atom is -0.333 e. The summed E-state index contributed by atoms with van der Waals surface area (Å²) in [5, 5.41) is 3.41. The van der Waals surface area contributed by atoms with Crippen LogP contribution >= 0.6 is 34.5 Å². The van der Waals surface area contributed by atoms with Gasteiger partial charge in [-0.15, -0.1) is 11.3 Å². The van der Waals surface area contributed by atoms with Crippen LogP contribution < -0.4 is 5.32 Å². The highest BCUT2D eigenvalue weighted by Gasteiger charge is 2.51. The van der Waals surface area contributed by atoms with Crippen LogP contribution in [0.15, 0.2) is 6.07 Å². The van der Waals surface area contributed by atoms with E-state index in [-0.39, 0.29) is 11.4 Å². The molecule has 0 saturated carbocycles. The molecule has 0 radical (unpaired) electrons. The summed E-state index contributed by atoms with van der Waals surface area (Å²) >= 11 is 13.3. The van der Waals surface area contributed by atoms with Gasteiger partial charge in [-0.05, 0) is 31.7 Å².